The van der Waals surface area contributed by atoms with Gasteiger partial charge in [0, 0.05) is 12.0 Å². The van der Waals surface area contributed by atoms with E-state index in [1.807, 2.05) is 6.92 Å². The molecule has 2 rings (SSSR count). The van der Waals surface area contributed by atoms with E-state index in [0.717, 1.165) is 27.8 Å². The zero-order valence-electron chi connectivity index (χ0n) is 18.1. The molecule has 28 heavy (non-hydrogen) atoms. The molecule has 1 N–H and O–H groups in total. The summed E-state index contributed by atoms with van der Waals surface area (Å²) in [5.41, 5.74) is 5.80. The molecule has 0 fully saturated rings. The highest BCUT2D eigenvalue weighted by atomic mass is 35.5. The first-order chi connectivity index (χ1) is 12.8. The van der Waals surface area contributed by atoms with Crippen molar-refractivity contribution in [2.24, 2.45) is 0 Å². The van der Waals surface area contributed by atoms with E-state index < -0.39 is 0 Å². The van der Waals surface area contributed by atoms with Crippen LogP contribution in [0.1, 0.15) is 83.6 Å². The number of halogens is 2. The number of aliphatic hydroxyl groups excluding tert-OH is 1. The summed E-state index contributed by atoms with van der Waals surface area (Å²) in [6.45, 7) is 14.9. The zero-order chi connectivity index (χ0) is 21.4. The molecule has 1 aliphatic rings. The molecule has 0 unspecified atom stereocenters. The Morgan fingerprint density at radius 1 is 1.00 bits per heavy atom. The zero-order valence-corrected chi connectivity index (χ0v) is 19.6. The topological polar surface area (TPSA) is 37.3 Å². The summed E-state index contributed by atoms with van der Waals surface area (Å²) in [4.78, 5) is 12.7. The highest BCUT2D eigenvalue weighted by Crippen LogP contribution is 2.39. The molecule has 0 spiro atoms. The molecular weight excluding hydrogens is 391 g/mol. The van der Waals surface area contributed by atoms with E-state index in [2.05, 4.69) is 53.7 Å². The Morgan fingerprint density at radius 3 is 1.86 bits per heavy atom. The van der Waals surface area contributed by atoms with E-state index in [9.17, 15) is 9.90 Å². The van der Waals surface area contributed by atoms with Gasteiger partial charge in [-0.1, -0.05) is 76.9 Å². The average Bonchev–Trinajstić information content (AvgIpc) is 2.84. The van der Waals surface area contributed by atoms with Gasteiger partial charge in [-0.15, -0.1) is 0 Å². The molecule has 0 bridgehead atoms. The van der Waals surface area contributed by atoms with Gasteiger partial charge in [0.15, 0.2) is 5.78 Å². The molecular formula is C24H32Cl2O2. The molecule has 1 aromatic rings. The summed E-state index contributed by atoms with van der Waals surface area (Å²) in [7, 11) is 0. The molecule has 0 radical (unpaired) electrons. The number of carbonyl (C=O) groups is 1. The van der Waals surface area contributed by atoms with E-state index in [4.69, 9.17) is 23.2 Å². The minimum absolute atomic E-state index is 0.0182. The minimum Gasteiger partial charge on any atom is -0.392 e. The molecule has 154 valence electrons. The summed E-state index contributed by atoms with van der Waals surface area (Å²) >= 11 is 12.4. The highest BCUT2D eigenvalue weighted by molar-refractivity contribution is 6.46. The van der Waals surface area contributed by atoms with Crippen molar-refractivity contribution in [3.63, 3.8) is 0 Å². The Kier molecular flexibility index (Phi) is 6.91. The number of allylic oxidation sites excluding steroid dienone is 4. The fourth-order valence-corrected chi connectivity index (χ4v) is 4.27. The van der Waals surface area contributed by atoms with Crippen molar-refractivity contribution in [1.82, 2.24) is 0 Å². The van der Waals surface area contributed by atoms with Gasteiger partial charge in [0.1, 0.15) is 0 Å². The maximum absolute atomic E-state index is 12.7. The number of Topliss-reactive ketones (excluding diaryl/α,β-unsaturated/α-hetero) is 1. The lowest BCUT2D eigenvalue weighted by atomic mass is 9.75. The maximum atomic E-state index is 12.7. The van der Waals surface area contributed by atoms with Gasteiger partial charge in [-0.3, -0.25) is 4.79 Å². The Labute approximate surface area is 179 Å². The largest absolute Gasteiger partial charge is 0.392 e. The monoisotopic (exact) mass is 422 g/mol. The van der Waals surface area contributed by atoms with Crippen LogP contribution in [0.25, 0.3) is 0 Å². The smallest absolute Gasteiger partial charge is 0.161 e. The van der Waals surface area contributed by atoms with Gasteiger partial charge < -0.3 is 5.11 Å². The van der Waals surface area contributed by atoms with Crippen LogP contribution in [0.4, 0.5) is 0 Å². The number of aliphatic hydroxyl groups is 1. The van der Waals surface area contributed by atoms with Crippen molar-refractivity contribution in [3.8, 4) is 0 Å². The standard InChI is InChI=1S/C24H32Cl2O2/c1-14-10-16(22(26)21(14)25)20(28)9-8-15-11-18(23(2,3)4)17(13-27)19(12-15)24(5,6)7/h11-12,27H,8-10,13H2,1-7H3. The van der Waals surface area contributed by atoms with E-state index in [1.54, 1.807) is 0 Å². The number of aryl methyl sites for hydroxylation is 1. The van der Waals surface area contributed by atoms with Crippen LogP contribution in [0.5, 0.6) is 0 Å². The molecule has 0 saturated heterocycles. The fraction of sp³-hybridized carbons (Fsp3) is 0.542. The molecule has 0 amide bonds. The van der Waals surface area contributed by atoms with Gasteiger partial charge in [-0.2, -0.15) is 0 Å². The number of ketones is 1. The van der Waals surface area contributed by atoms with Gasteiger partial charge in [0.25, 0.3) is 0 Å². The highest BCUT2D eigenvalue weighted by Gasteiger charge is 2.27. The lowest BCUT2D eigenvalue weighted by Crippen LogP contribution is -2.22. The molecule has 4 heteroatoms. The Hall–Kier alpha value is -1.09. The Bertz CT molecular complexity index is 811. The van der Waals surface area contributed by atoms with Gasteiger partial charge in [-0.05, 0) is 58.4 Å². The average molecular weight is 423 g/mol. The molecule has 2 nitrogen and oxygen atoms in total. The van der Waals surface area contributed by atoms with Crippen molar-refractivity contribution < 1.29 is 9.90 Å². The normalized spacial score (nSPS) is 15.6. The second-order valence-electron chi connectivity index (χ2n) is 9.81. The summed E-state index contributed by atoms with van der Waals surface area (Å²) < 4.78 is 0. The molecule has 0 saturated carbocycles. The predicted molar refractivity (Wildman–Crippen MR) is 119 cm³/mol. The van der Waals surface area contributed by atoms with Gasteiger partial charge >= 0.3 is 0 Å². The number of hydrogen-bond donors (Lipinski definition) is 1. The number of hydrogen-bond acceptors (Lipinski definition) is 2. The number of benzene rings is 1. The summed E-state index contributed by atoms with van der Waals surface area (Å²) in [6, 6.07) is 4.30. The summed E-state index contributed by atoms with van der Waals surface area (Å²) in [6.07, 6.45) is 1.58. The van der Waals surface area contributed by atoms with Crippen LogP contribution < -0.4 is 0 Å². The van der Waals surface area contributed by atoms with Crippen LogP contribution in [0, 0.1) is 0 Å². The maximum Gasteiger partial charge on any atom is 0.161 e. The van der Waals surface area contributed by atoms with Crippen molar-refractivity contribution in [2.45, 2.75) is 85.2 Å². The van der Waals surface area contributed by atoms with Crippen molar-refractivity contribution >= 4 is 29.0 Å². The molecule has 0 aliphatic heterocycles. The number of rotatable bonds is 5. The number of carbonyl (C=O) groups excluding carboxylic acids is 1. The second-order valence-corrected chi connectivity index (χ2v) is 10.6. The lowest BCUT2D eigenvalue weighted by molar-refractivity contribution is -0.115. The molecule has 1 aliphatic carbocycles. The first kappa shape index (κ1) is 23.2. The van der Waals surface area contributed by atoms with Crippen LogP contribution in [0.3, 0.4) is 0 Å². The van der Waals surface area contributed by atoms with Gasteiger partial charge in [0.2, 0.25) is 0 Å². The van der Waals surface area contributed by atoms with Crippen LogP contribution in [-0.2, 0) is 28.7 Å². The first-order valence-electron chi connectivity index (χ1n) is 9.82. The molecule has 0 heterocycles. The molecule has 0 atom stereocenters. The van der Waals surface area contributed by atoms with E-state index in [0.29, 0.717) is 34.9 Å². The first-order valence-corrected chi connectivity index (χ1v) is 10.6. The Morgan fingerprint density at radius 2 is 1.50 bits per heavy atom. The van der Waals surface area contributed by atoms with E-state index in [1.165, 1.54) is 0 Å². The lowest BCUT2D eigenvalue weighted by Gasteiger charge is -2.30. The summed E-state index contributed by atoms with van der Waals surface area (Å²) in [5.74, 6) is 0.0563. The van der Waals surface area contributed by atoms with E-state index >= 15 is 0 Å². The fourth-order valence-electron chi connectivity index (χ4n) is 3.75. The van der Waals surface area contributed by atoms with Gasteiger partial charge in [-0.25, -0.2) is 0 Å². The van der Waals surface area contributed by atoms with Crippen LogP contribution >= 0.6 is 23.2 Å². The van der Waals surface area contributed by atoms with Crippen molar-refractivity contribution in [1.29, 1.82) is 0 Å². The van der Waals surface area contributed by atoms with Crippen LogP contribution in [-0.4, -0.2) is 10.9 Å². The Balaban J connectivity index is 2.35. The van der Waals surface area contributed by atoms with Crippen LogP contribution in [0.15, 0.2) is 33.3 Å². The SMILES string of the molecule is CC1=C(Cl)C(Cl)=C(C(=O)CCc2cc(C(C)(C)C)c(CO)c(C(C)(C)C)c2)C1. The minimum atomic E-state index is -0.0933. The molecule has 1 aromatic carbocycles. The third kappa shape index (κ3) is 4.90. The van der Waals surface area contributed by atoms with Crippen LogP contribution in [0.2, 0.25) is 0 Å². The third-order valence-electron chi connectivity index (χ3n) is 5.34. The summed E-state index contributed by atoms with van der Waals surface area (Å²) in [5, 5.41) is 11.0. The predicted octanol–water partition coefficient (Wildman–Crippen LogP) is 6.69. The quantitative estimate of drug-likeness (QED) is 0.573. The second kappa shape index (κ2) is 8.34. The van der Waals surface area contributed by atoms with Crippen molar-refractivity contribution in [2.75, 3.05) is 0 Å². The van der Waals surface area contributed by atoms with Gasteiger partial charge in [0.05, 0.1) is 16.7 Å². The van der Waals surface area contributed by atoms with Crippen molar-refractivity contribution in [3.05, 3.63) is 55.6 Å². The van der Waals surface area contributed by atoms with E-state index in [-0.39, 0.29) is 23.2 Å². The molecule has 0 aromatic heterocycles. The third-order valence-corrected chi connectivity index (χ3v) is 6.36.